The van der Waals surface area contributed by atoms with Crippen molar-refractivity contribution in [3.8, 4) is 11.5 Å². The molecule has 1 aromatic carbocycles. The van der Waals surface area contributed by atoms with Gasteiger partial charge in [0.2, 0.25) is 0 Å². The molecule has 0 amide bonds. The van der Waals surface area contributed by atoms with Gasteiger partial charge in [-0.3, -0.25) is 0 Å². The standard InChI is InChI=1S/C16H23ClO3/c1-18-14-6-5-12(10-15(14)19-2)9-13(17)11-16(20-3)7-4-8-16/h5-6,10,13H,4,7-9,11H2,1-3H3. The van der Waals surface area contributed by atoms with E-state index >= 15 is 0 Å². The molecular formula is C16H23ClO3. The van der Waals surface area contributed by atoms with Crippen molar-refractivity contribution in [2.24, 2.45) is 0 Å². The van der Waals surface area contributed by atoms with E-state index in [4.69, 9.17) is 25.8 Å². The Hall–Kier alpha value is -0.930. The van der Waals surface area contributed by atoms with Gasteiger partial charge in [-0.25, -0.2) is 0 Å². The zero-order valence-electron chi connectivity index (χ0n) is 12.4. The quantitative estimate of drug-likeness (QED) is 0.716. The van der Waals surface area contributed by atoms with Crippen molar-refractivity contribution in [3.63, 3.8) is 0 Å². The second-order valence-corrected chi connectivity index (χ2v) is 6.05. The Bertz CT molecular complexity index is 438. The van der Waals surface area contributed by atoms with E-state index in [0.29, 0.717) is 0 Å². The van der Waals surface area contributed by atoms with Crippen molar-refractivity contribution in [2.45, 2.75) is 43.1 Å². The Morgan fingerprint density at radius 3 is 2.35 bits per heavy atom. The number of halogens is 1. The monoisotopic (exact) mass is 298 g/mol. The minimum absolute atomic E-state index is 0.0168. The summed E-state index contributed by atoms with van der Waals surface area (Å²) in [5.74, 6) is 1.49. The van der Waals surface area contributed by atoms with Crippen LogP contribution in [0.1, 0.15) is 31.2 Å². The molecule has 0 aromatic heterocycles. The third kappa shape index (κ3) is 3.39. The molecule has 1 aromatic rings. The highest BCUT2D eigenvalue weighted by Gasteiger charge is 2.38. The van der Waals surface area contributed by atoms with Gasteiger partial charge in [0.15, 0.2) is 11.5 Å². The van der Waals surface area contributed by atoms with Gasteiger partial charge in [-0.05, 0) is 49.8 Å². The maximum Gasteiger partial charge on any atom is 0.160 e. The fourth-order valence-electron chi connectivity index (χ4n) is 2.80. The zero-order chi connectivity index (χ0) is 14.6. The van der Waals surface area contributed by atoms with Gasteiger partial charge in [-0.15, -0.1) is 11.6 Å². The molecule has 1 fully saturated rings. The first-order valence-corrected chi connectivity index (χ1v) is 7.46. The minimum Gasteiger partial charge on any atom is -0.493 e. The summed E-state index contributed by atoms with van der Waals surface area (Å²) in [7, 11) is 5.08. The molecule has 0 heterocycles. The molecule has 1 aliphatic rings. The van der Waals surface area contributed by atoms with Crippen LogP contribution in [0.2, 0.25) is 0 Å². The fourth-order valence-corrected chi connectivity index (χ4v) is 3.26. The Kier molecular flexibility index (Phi) is 5.17. The minimum atomic E-state index is 0.0168. The van der Waals surface area contributed by atoms with E-state index in [0.717, 1.165) is 42.7 Å². The van der Waals surface area contributed by atoms with Crippen molar-refractivity contribution >= 4 is 11.6 Å². The highest BCUT2D eigenvalue weighted by molar-refractivity contribution is 6.20. The zero-order valence-corrected chi connectivity index (χ0v) is 13.2. The van der Waals surface area contributed by atoms with Crippen LogP contribution in [0.15, 0.2) is 18.2 Å². The van der Waals surface area contributed by atoms with E-state index < -0.39 is 0 Å². The van der Waals surface area contributed by atoms with Gasteiger partial charge in [0.05, 0.1) is 19.8 Å². The van der Waals surface area contributed by atoms with Crippen LogP contribution in [-0.4, -0.2) is 32.3 Å². The Morgan fingerprint density at radius 2 is 1.85 bits per heavy atom. The van der Waals surface area contributed by atoms with Gasteiger partial charge in [-0.2, -0.15) is 0 Å². The lowest BCUT2D eigenvalue weighted by molar-refractivity contribution is -0.0777. The Labute approximate surface area is 126 Å². The average Bonchev–Trinajstić information content (AvgIpc) is 2.42. The van der Waals surface area contributed by atoms with Crippen molar-refractivity contribution in [2.75, 3.05) is 21.3 Å². The van der Waals surface area contributed by atoms with Crippen LogP contribution in [0.4, 0.5) is 0 Å². The lowest BCUT2D eigenvalue weighted by Gasteiger charge is -2.41. The van der Waals surface area contributed by atoms with Gasteiger partial charge in [0.1, 0.15) is 0 Å². The second-order valence-electron chi connectivity index (χ2n) is 5.44. The molecule has 0 saturated heterocycles. The van der Waals surface area contributed by atoms with Crippen LogP contribution in [0.3, 0.4) is 0 Å². The summed E-state index contributed by atoms with van der Waals surface area (Å²) in [4.78, 5) is 0. The molecule has 1 atom stereocenters. The summed E-state index contributed by atoms with van der Waals surface area (Å²) in [6, 6.07) is 5.96. The summed E-state index contributed by atoms with van der Waals surface area (Å²) >= 11 is 6.51. The molecule has 20 heavy (non-hydrogen) atoms. The molecule has 3 nitrogen and oxygen atoms in total. The van der Waals surface area contributed by atoms with Crippen LogP contribution >= 0.6 is 11.6 Å². The van der Waals surface area contributed by atoms with Crippen molar-refractivity contribution in [3.05, 3.63) is 23.8 Å². The predicted octanol–water partition coefficient (Wildman–Crippen LogP) is 3.81. The van der Waals surface area contributed by atoms with Crippen molar-refractivity contribution in [1.82, 2.24) is 0 Å². The molecule has 0 bridgehead atoms. The summed E-state index contributed by atoms with van der Waals surface area (Å²) in [5.41, 5.74) is 1.18. The third-order valence-corrected chi connectivity index (χ3v) is 4.51. The summed E-state index contributed by atoms with van der Waals surface area (Å²) in [6.07, 6.45) is 5.21. The molecule has 4 heteroatoms. The highest BCUT2D eigenvalue weighted by atomic mass is 35.5. The lowest BCUT2D eigenvalue weighted by atomic mass is 9.76. The SMILES string of the molecule is COc1ccc(CC(Cl)CC2(OC)CCC2)cc1OC. The number of rotatable bonds is 7. The Morgan fingerprint density at radius 1 is 1.15 bits per heavy atom. The van der Waals surface area contributed by atoms with E-state index in [-0.39, 0.29) is 11.0 Å². The number of hydrogen-bond acceptors (Lipinski definition) is 3. The average molecular weight is 299 g/mol. The summed E-state index contributed by atoms with van der Waals surface area (Å²) in [6.45, 7) is 0. The van der Waals surface area contributed by atoms with E-state index in [1.807, 2.05) is 18.2 Å². The van der Waals surface area contributed by atoms with Crippen LogP contribution < -0.4 is 9.47 Å². The predicted molar refractivity (Wildman–Crippen MR) is 81.1 cm³/mol. The van der Waals surface area contributed by atoms with Crippen molar-refractivity contribution in [1.29, 1.82) is 0 Å². The number of alkyl halides is 1. The third-order valence-electron chi connectivity index (χ3n) is 4.20. The molecule has 0 aliphatic heterocycles. The Balaban J connectivity index is 1.98. The van der Waals surface area contributed by atoms with Gasteiger partial charge in [0.25, 0.3) is 0 Å². The fraction of sp³-hybridized carbons (Fsp3) is 0.625. The maximum absolute atomic E-state index is 6.51. The van der Waals surface area contributed by atoms with E-state index in [1.165, 1.54) is 6.42 Å². The lowest BCUT2D eigenvalue weighted by Crippen LogP contribution is -2.41. The number of ether oxygens (including phenoxy) is 3. The van der Waals surface area contributed by atoms with E-state index in [2.05, 4.69) is 0 Å². The molecule has 0 radical (unpaired) electrons. The maximum atomic E-state index is 6.51. The molecule has 0 N–H and O–H groups in total. The first kappa shape index (κ1) is 15.5. The molecule has 0 spiro atoms. The largest absolute Gasteiger partial charge is 0.493 e. The molecular weight excluding hydrogens is 276 g/mol. The first-order chi connectivity index (χ1) is 9.62. The van der Waals surface area contributed by atoms with E-state index in [1.54, 1.807) is 21.3 Å². The van der Waals surface area contributed by atoms with Gasteiger partial charge in [-0.1, -0.05) is 6.07 Å². The van der Waals surface area contributed by atoms with Crippen molar-refractivity contribution < 1.29 is 14.2 Å². The van der Waals surface area contributed by atoms with Crippen LogP contribution in [0.25, 0.3) is 0 Å². The molecule has 1 aliphatic carbocycles. The van der Waals surface area contributed by atoms with Crippen LogP contribution in [0, 0.1) is 0 Å². The van der Waals surface area contributed by atoms with Gasteiger partial charge < -0.3 is 14.2 Å². The number of benzene rings is 1. The molecule has 1 unspecified atom stereocenters. The second kappa shape index (κ2) is 6.68. The van der Waals surface area contributed by atoms with E-state index in [9.17, 15) is 0 Å². The highest BCUT2D eigenvalue weighted by Crippen LogP contribution is 2.40. The normalized spacial score (nSPS) is 18.2. The van der Waals surface area contributed by atoms with Gasteiger partial charge in [0, 0.05) is 12.5 Å². The summed E-state index contributed by atoms with van der Waals surface area (Å²) in [5, 5.41) is 0.0772. The number of hydrogen-bond donors (Lipinski definition) is 0. The smallest absolute Gasteiger partial charge is 0.160 e. The van der Waals surface area contributed by atoms with Gasteiger partial charge >= 0.3 is 0 Å². The number of methoxy groups -OCH3 is 3. The molecule has 112 valence electrons. The first-order valence-electron chi connectivity index (χ1n) is 7.02. The van der Waals surface area contributed by atoms with Crippen LogP contribution in [-0.2, 0) is 11.2 Å². The molecule has 2 rings (SSSR count). The topological polar surface area (TPSA) is 27.7 Å². The van der Waals surface area contributed by atoms with Crippen LogP contribution in [0.5, 0.6) is 11.5 Å². The summed E-state index contributed by atoms with van der Waals surface area (Å²) < 4.78 is 16.2. The molecule has 1 saturated carbocycles.